The molecule has 0 spiro atoms. The van der Waals surface area contributed by atoms with E-state index in [1.54, 1.807) is 0 Å². The Hall–Kier alpha value is -0.910. The van der Waals surface area contributed by atoms with E-state index < -0.39 is 24.7 Å². The number of aliphatic hydroxyl groups is 2. The summed E-state index contributed by atoms with van der Waals surface area (Å²) >= 11 is 0. The van der Waals surface area contributed by atoms with Crippen LogP contribution >= 0.6 is 7.14 Å². The minimum absolute atomic E-state index is 0.172. The second-order valence-electron chi connectivity index (χ2n) is 3.99. The molecule has 1 unspecified atom stereocenters. The Bertz CT molecular complexity index is 322. The van der Waals surface area contributed by atoms with Gasteiger partial charge < -0.3 is 24.3 Å². The predicted molar refractivity (Wildman–Crippen MR) is 63.9 cm³/mol. The lowest BCUT2D eigenvalue weighted by atomic mass is 10.3. The number of ether oxygens (including phenoxy) is 2. The minimum atomic E-state index is -2.88. The van der Waals surface area contributed by atoms with Crippen molar-refractivity contribution in [1.29, 1.82) is 0 Å². The summed E-state index contributed by atoms with van der Waals surface area (Å²) in [5.74, 6) is -1.52. The van der Waals surface area contributed by atoms with Gasteiger partial charge in [-0.1, -0.05) is 0 Å². The van der Waals surface area contributed by atoms with Crippen LogP contribution in [-0.4, -0.2) is 67.6 Å². The topological polar surface area (TPSA) is 110 Å². The number of rotatable bonds is 8. The van der Waals surface area contributed by atoms with Gasteiger partial charge in [-0.05, 0) is 13.3 Å². The van der Waals surface area contributed by atoms with E-state index >= 15 is 0 Å². The maximum absolute atomic E-state index is 11.9. The standard InChI is InChI=1S/C10H19O7P/c1-18(2,15)8(10(14)17-6-4-12)7-9(13)16-5-3-11/h8,11-12H,3-7H2,1-2H3. The first-order valence-electron chi connectivity index (χ1n) is 5.41. The van der Waals surface area contributed by atoms with Gasteiger partial charge in [0.2, 0.25) is 0 Å². The largest absolute Gasteiger partial charge is 0.463 e. The van der Waals surface area contributed by atoms with Crippen molar-refractivity contribution < 1.29 is 33.8 Å². The Balaban J connectivity index is 4.55. The first-order chi connectivity index (χ1) is 8.32. The molecule has 0 aromatic carbocycles. The van der Waals surface area contributed by atoms with Crippen molar-refractivity contribution in [2.24, 2.45) is 0 Å². The molecule has 0 aliphatic carbocycles. The van der Waals surface area contributed by atoms with Gasteiger partial charge in [-0.25, -0.2) is 0 Å². The summed E-state index contributed by atoms with van der Waals surface area (Å²) in [6, 6.07) is 0. The van der Waals surface area contributed by atoms with E-state index in [2.05, 4.69) is 9.47 Å². The SMILES string of the molecule is CP(C)(=O)C(CC(=O)OCCO)C(=O)OCCO. The molecule has 0 aliphatic rings. The molecule has 7 nitrogen and oxygen atoms in total. The zero-order valence-electron chi connectivity index (χ0n) is 10.5. The van der Waals surface area contributed by atoms with Crippen LogP contribution < -0.4 is 0 Å². The van der Waals surface area contributed by atoms with Crippen molar-refractivity contribution in [3.8, 4) is 0 Å². The predicted octanol–water partition coefficient (Wildman–Crippen LogP) is -0.561. The smallest absolute Gasteiger partial charge is 0.317 e. The average molecular weight is 282 g/mol. The third kappa shape index (κ3) is 6.74. The van der Waals surface area contributed by atoms with E-state index in [1.807, 2.05) is 0 Å². The average Bonchev–Trinajstić information content (AvgIpc) is 2.28. The van der Waals surface area contributed by atoms with Crippen LogP contribution in [0.1, 0.15) is 6.42 Å². The first-order valence-corrected chi connectivity index (χ1v) is 8.08. The zero-order valence-corrected chi connectivity index (χ0v) is 11.4. The molecule has 0 saturated heterocycles. The number of hydrogen-bond donors (Lipinski definition) is 2. The molecule has 0 aromatic rings. The molecule has 0 radical (unpaired) electrons. The van der Waals surface area contributed by atoms with Crippen LogP contribution in [0.2, 0.25) is 0 Å². The molecule has 0 bridgehead atoms. The highest BCUT2D eigenvalue weighted by Crippen LogP contribution is 2.44. The van der Waals surface area contributed by atoms with Gasteiger partial charge in [0.15, 0.2) is 0 Å². The Morgan fingerprint density at radius 2 is 1.61 bits per heavy atom. The fourth-order valence-electron chi connectivity index (χ4n) is 1.18. The lowest BCUT2D eigenvalue weighted by Crippen LogP contribution is -2.28. The van der Waals surface area contributed by atoms with Crippen molar-refractivity contribution in [1.82, 2.24) is 0 Å². The van der Waals surface area contributed by atoms with Crippen LogP contribution in [0, 0.1) is 0 Å². The third-order valence-corrected chi connectivity index (χ3v) is 3.97. The summed E-state index contributed by atoms with van der Waals surface area (Å²) in [4.78, 5) is 22.9. The van der Waals surface area contributed by atoms with Crippen LogP contribution in [0.3, 0.4) is 0 Å². The molecule has 8 heteroatoms. The van der Waals surface area contributed by atoms with E-state index in [4.69, 9.17) is 10.2 Å². The molecule has 0 amide bonds. The Labute approximate surface area is 105 Å². The van der Waals surface area contributed by atoms with E-state index in [1.165, 1.54) is 13.3 Å². The number of esters is 2. The highest BCUT2D eigenvalue weighted by Gasteiger charge is 2.34. The maximum Gasteiger partial charge on any atom is 0.317 e. The molecule has 1 atom stereocenters. The van der Waals surface area contributed by atoms with Crippen LogP contribution in [0.25, 0.3) is 0 Å². The van der Waals surface area contributed by atoms with Crippen LogP contribution in [0.15, 0.2) is 0 Å². The lowest BCUT2D eigenvalue weighted by Gasteiger charge is -2.18. The van der Waals surface area contributed by atoms with Crippen molar-refractivity contribution in [2.75, 3.05) is 39.8 Å². The Morgan fingerprint density at radius 3 is 2.06 bits per heavy atom. The monoisotopic (exact) mass is 282 g/mol. The number of hydrogen-bond acceptors (Lipinski definition) is 7. The second kappa shape index (κ2) is 8.24. The molecule has 0 saturated carbocycles. The van der Waals surface area contributed by atoms with Crippen molar-refractivity contribution >= 4 is 19.1 Å². The fourth-order valence-corrected chi connectivity index (χ4v) is 2.35. The molecule has 0 rings (SSSR count). The molecule has 2 N–H and O–H groups in total. The van der Waals surface area contributed by atoms with Gasteiger partial charge in [0.1, 0.15) is 18.9 Å². The Kier molecular flexibility index (Phi) is 7.82. The highest BCUT2D eigenvalue weighted by molar-refractivity contribution is 7.64. The first kappa shape index (κ1) is 17.1. The van der Waals surface area contributed by atoms with E-state index in [0.29, 0.717) is 0 Å². The lowest BCUT2D eigenvalue weighted by molar-refractivity contribution is -0.150. The van der Waals surface area contributed by atoms with Crippen molar-refractivity contribution in [3.63, 3.8) is 0 Å². The molecule has 0 aliphatic heterocycles. The van der Waals surface area contributed by atoms with E-state index in [9.17, 15) is 14.2 Å². The summed E-state index contributed by atoms with van der Waals surface area (Å²) in [5.41, 5.74) is -1.09. The van der Waals surface area contributed by atoms with Crippen LogP contribution in [0.5, 0.6) is 0 Å². The molecule has 18 heavy (non-hydrogen) atoms. The summed E-state index contributed by atoms with van der Waals surface area (Å²) in [7, 11) is -2.88. The number of aliphatic hydroxyl groups excluding tert-OH is 2. The summed E-state index contributed by atoms with van der Waals surface area (Å²) in [6.07, 6.45) is -0.367. The summed E-state index contributed by atoms with van der Waals surface area (Å²) in [5, 5.41) is 17.0. The minimum Gasteiger partial charge on any atom is -0.463 e. The summed E-state index contributed by atoms with van der Waals surface area (Å²) < 4.78 is 21.2. The van der Waals surface area contributed by atoms with Crippen LogP contribution in [0.4, 0.5) is 0 Å². The van der Waals surface area contributed by atoms with Gasteiger partial charge >= 0.3 is 11.9 Å². The normalized spacial score (nSPS) is 12.9. The van der Waals surface area contributed by atoms with Gasteiger partial charge in [-0.15, -0.1) is 0 Å². The van der Waals surface area contributed by atoms with Gasteiger partial charge in [0.05, 0.1) is 26.8 Å². The van der Waals surface area contributed by atoms with Gasteiger partial charge in [0, 0.05) is 0 Å². The van der Waals surface area contributed by atoms with Gasteiger partial charge in [-0.2, -0.15) is 0 Å². The van der Waals surface area contributed by atoms with Gasteiger partial charge in [-0.3, -0.25) is 9.59 Å². The maximum atomic E-state index is 11.9. The zero-order chi connectivity index (χ0) is 14.2. The quantitative estimate of drug-likeness (QED) is 0.453. The molecule has 0 aromatic heterocycles. The Morgan fingerprint density at radius 1 is 1.11 bits per heavy atom. The second-order valence-corrected chi connectivity index (χ2v) is 7.48. The number of carbonyl (C=O) groups excluding carboxylic acids is 2. The van der Waals surface area contributed by atoms with Gasteiger partial charge in [0.25, 0.3) is 0 Å². The van der Waals surface area contributed by atoms with Crippen molar-refractivity contribution in [3.05, 3.63) is 0 Å². The summed E-state index contributed by atoms with van der Waals surface area (Å²) in [6.45, 7) is 1.71. The molecular weight excluding hydrogens is 263 g/mol. The van der Waals surface area contributed by atoms with Crippen molar-refractivity contribution in [2.45, 2.75) is 12.1 Å². The molecular formula is C10H19O7P. The molecule has 0 fully saturated rings. The molecule has 106 valence electrons. The van der Waals surface area contributed by atoms with E-state index in [-0.39, 0.29) is 32.8 Å². The highest BCUT2D eigenvalue weighted by atomic mass is 31.2. The van der Waals surface area contributed by atoms with Crippen LogP contribution in [-0.2, 0) is 23.6 Å². The van der Waals surface area contributed by atoms with E-state index in [0.717, 1.165) is 0 Å². The molecule has 0 heterocycles. The fraction of sp³-hybridized carbons (Fsp3) is 0.800. The number of carbonyl (C=O) groups is 2. The third-order valence-electron chi connectivity index (χ3n) is 2.07.